The van der Waals surface area contributed by atoms with Crippen molar-refractivity contribution in [3.63, 3.8) is 0 Å². The molecule has 10 heteroatoms. The van der Waals surface area contributed by atoms with Crippen molar-refractivity contribution < 1.29 is 27.5 Å². The van der Waals surface area contributed by atoms with Crippen LogP contribution in [0.2, 0.25) is 0 Å². The van der Waals surface area contributed by atoms with E-state index in [0.29, 0.717) is 54.4 Å². The molecule has 1 aliphatic heterocycles. The number of carbonyl (C=O) groups is 2. The van der Waals surface area contributed by atoms with E-state index in [0.717, 1.165) is 0 Å². The first-order valence-electron chi connectivity index (χ1n) is 10.7. The van der Waals surface area contributed by atoms with Gasteiger partial charge in [0.1, 0.15) is 0 Å². The van der Waals surface area contributed by atoms with E-state index < -0.39 is 10.0 Å². The highest BCUT2D eigenvalue weighted by Crippen LogP contribution is 2.28. The lowest BCUT2D eigenvalue weighted by Gasteiger charge is -2.31. The van der Waals surface area contributed by atoms with E-state index in [4.69, 9.17) is 9.47 Å². The van der Waals surface area contributed by atoms with E-state index in [2.05, 4.69) is 10.6 Å². The molecule has 9 nitrogen and oxygen atoms in total. The van der Waals surface area contributed by atoms with Crippen molar-refractivity contribution in [2.75, 3.05) is 40.4 Å². The first-order chi connectivity index (χ1) is 15.8. The van der Waals surface area contributed by atoms with Crippen molar-refractivity contribution in [1.82, 2.24) is 14.9 Å². The van der Waals surface area contributed by atoms with Crippen LogP contribution in [0.3, 0.4) is 0 Å². The fourth-order valence-corrected chi connectivity index (χ4v) is 5.07. The van der Waals surface area contributed by atoms with Crippen LogP contribution in [-0.4, -0.2) is 64.9 Å². The maximum Gasteiger partial charge on any atom is 0.257 e. The average Bonchev–Trinajstić information content (AvgIpc) is 2.86. The van der Waals surface area contributed by atoms with Crippen LogP contribution in [0.25, 0.3) is 0 Å². The molecule has 1 heterocycles. The summed E-state index contributed by atoms with van der Waals surface area (Å²) in [7, 11) is -0.513. The largest absolute Gasteiger partial charge is 0.493 e. The topological polar surface area (TPSA) is 114 Å². The van der Waals surface area contributed by atoms with Crippen LogP contribution < -0.4 is 20.1 Å². The number of ether oxygens (including phenoxy) is 2. The number of amides is 2. The number of hydrogen-bond donors (Lipinski definition) is 2. The minimum absolute atomic E-state index is 0.156. The Balaban J connectivity index is 1.52. The molecule has 0 aliphatic carbocycles. The highest BCUT2D eigenvalue weighted by atomic mass is 32.2. The van der Waals surface area contributed by atoms with E-state index in [1.165, 1.54) is 18.5 Å². The SMILES string of the molecule is CNC(=O)COc1ccc(C(=O)NCC2CCN(S(=O)(=O)c3ccccc3)CC2)cc1OC. The lowest BCUT2D eigenvalue weighted by atomic mass is 9.98. The van der Waals surface area contributed by atoms with Crippen LogP contribution in [0.4, 0.5) is 0 Å². The Morgan fingerprint density at radius 3 is 2.39 bits per heavy atom. The fraction of sp³-hybridized carbons (Fsp3) is 0.391. The lowest BCUT2D eigenvalue weighted by molar-refractivity contribution is -0.122. The molecule has 0 bridgehead atoms. The molecule has 1 aliphatic rings. The number of hydrogen-bond acceptors (Lipinski definition) is 6. The Kier molecular flexibility index (Phi) is 8.29. The van der Waals surface area contributed by atoms with Gasteiger partial charge in [0, 0.05) is 32.2 Å². The predicted octanol–water partition coefficient (Wildman–Crippen LogP) is 1.65. The van der Waals surface area contributed by atoms with Crippen molar-refractivity contribution >= 4 is 21.8 Å². The number of likely N-dealkylation sites (N-methyl/N-ethyl adjacent to an activating group) is 1. The van der Waals surface area contributed by atoms with Gasteiger partial charge in [0.15, 0.2) is 18.1 Å². The van der Waals surface area contributed by atoms with Crippen LogP contribution >= 0.6 is 0 Å². The Morgan fingerprint density at radius 2 is 1.76 bits per heavy atom. The van der Waals surface area contributed by atoms with Crippen molar-refractivity contribution in [3.8, 4) is 11.5 Å². The molecule has 0 saturated carbocycles. The summed E-state index contributed by atoms with van der Waals surface area (Å²) < 4.78 is 37.7. The van der Waals surface area contributed by atoms with E-state index in [1.807, 2.05) is 0 Å². The van der Waals surface area contributed by atoms with Crippen molar-refractivity contribution in [2.24, 2.45) is 5.92 Å². The zero-order valence-electron chi connectivity index (χ0n) is 18.7. The lowest BCUT2D eigenvalue weighted by Crippen LogP contribution is -2.41. The number of nitrogens with one attached hydrogen (secondary N) is 2. The van der Waals surface area contributed by atoms with Gasteiger partial charge in [0.25, 0.3) is 11.8 Å². The Bertz CT molecular complexity index is 1070. The van der Waals surface area contributed by atoms with Gasteiger partial charge in [-0.2, -0.15) is 4.31 Å². The van der Waals surface area contributed by atoms with Crippen molar-refractivity contribution in [1.29, 1.82) is 0 Å². The van der Waals surface area contributed by atoms with E-state index in [9.17, 15) is 18.0 Å². The highest BCUT2D eigenvalue weighted by Gasteiger charge is 2.29. The maximum absolute atomic E-state index is 12.7. The normalized spacial score (nSPS) is 15.0. The molecular weight excluding hydrogens is 446 g/mol. The predicted molar refractivity (Wildman–Crippen MR) is 123 cm³/mol. The minimum Gasteiger partial charge on any atom is -0.493 e. The molecule has 2 amide bonds. The standard InChI is InChI=1S/C23H29N3O6S/c1-24-22(27)16-32-20-9-8-18(14-21(20)31-2)23(28)25-15-17-10-12-26(13-11-17)33(29,30)19-6-4-3-5-7-19/h3-9,14,17H,10-13,15-16H2,1-2H3,(H,24,27)(H,25,28). The molecule has 0 unspecified atom stereocenters. The second kappa shape index (κ2) is 11.2. The number of sulfonamides is 1. The smallest absolute Gasteiger partial charge is 0.257 e. The van der Waals surface area contributed by atoms with Gasteiger partial charge < -0.3 is 20.1 Å². The van der Waals surface area contributed by atoms with E-state index in [-0.39, 0.29) is 24.3 Å². The van der Waals surface area contributed by atoms with Crippen LogP contribution in [0, 0.1) is 5.92 Å². The number of carbonyl (C=O) groups excluding carboxylic acids is 2. The van der Waals surface area contributed by atoms with Gasteiger partial charge in [-0.1, -0.05) is 18.2 Å². The molecule has 1 saturated heterocycles. The molecule has 1 fully saturated rings. The molecule has 33 heavy (non-hydrogen) atoms. The average molecular weight is 476 g/mol. The summed E-state index contributed by atoms with van der Waals surface area (Å²) in [5, 5.41) is 5.38. The van der Waals surface area contributed by atoms with Crippen LogP contribution in [0.5, 0.6) is 11.5 Å². The molecule has 178 valence electrons. The highest BCUT2D eigenvalue weighted by molar-refractivity contribution is 7.89. The third-order valence-corrected chi connectivity index (χ3v) is 7.48. The molecule has 0 atom stereocenters. The molecular formula is C23H29N3O6S. The Labute approximate surface area is 194 Å². The molecule has 0 radical (unpaired) electrons. The third kappa shape index (κ3) is 6.23. The van der Waals surface area contributed by atoms with Gasteiger partial charge in [-0.3, -0.25) is 9.59 Å². The van der Waals surface area contributed by atoms with Crippen LogP contribution in [0.15, 0.2) is 53.4 Å². The van der Waals surface area contributed by atoms with Crippen LogP contribution in [0.1, 0.15) is 23.2 Å². The van der Waals surface area contributed by atoms with Gasteiger partial charge in [0.2, 0.25) is 10.0 Å². The third-order valence-electron chi connectivity index (χ3n) is 5.57. The number of nitrogens with zero attached hydrogens (tertiary/aromatic N) is 1. The van der Waals surface area contributed by atoms with Gasteiger partial charge in [0.05, 0.1) is 12.0 Å². The van der Waals surface area contributed by atoms with Crippen molar-refractivity contribution in [2.45, 2.75) is 17.7 Å². The molecule has 2 aromatic carbocycles. The van der Waals surface area contributed by atoms with E-state index in [1.54, 1.807) is 48.5 Å². The minimum atomic E-state index is -3.49. The van der Waals surface area contributed by atoms with Crippen LogP contribution in [-0.2, 0) is 14.8 Å². The zero-order chi connectivity index (χ0) is 23.8. The summed E-state index contributed by atoms with van der Waals surface area (Å²) >= 11 is 0. The van der Waals surface area contributed by atoms with Gasteiger partial charge >= 0.3 is 0 Å². The summed E-state index contributed by atoms with van der Waals surface area (Å²) in [6.07, 6.45) is 1.34. The molecule has 2 N–H and O–H groups in total. The maximum atomic E-state index is 12.7. The quantitative estimate of drug-likeness (QED) is 0.570. The second-order valence-corrected chi connectivity index (χ2v) is 9.64. The monoisotopic (exact) mass is 475 g/mol. The summed E-state index contributed by atoms with van der Waals surface area (Å²) in [6.45, 7) is 1.14. The first-order valence-corrected chi connectivity index (χ1v) is 12.1. The molecule has 0 aromatic heterocycles. The number of benzene rings is 2. The van der Waals surface area contributed by atoms with Gasteiger partial charge in [-0.25, -0.2) is 8.42 Å². The van der Waals surface area contributed by atoms with Gasteiger partial charge in [-0.15, -0.1) is 0 Å². The molecule has 3 rings (SSSR count). The Morgan fingerprint density at radius 1 is 1.06 bits per heavy atom. The first kappa shape index (κ1) is 24.5. The Hall–Kier alpha value is -3.11. The summed E-state index contributed by atoms with van der Waals surface area (Å²) in [4.78, 5) is 24.3. The summed E-state index contributed by atoms with van der Waals surface area (Å²) in [6, 6.07) is 13.2. The van der Waals surface area contributed by atoms with Crippen molar-refractivity contribution in [3.05, 3.63) is 54.1 Å². The number of rotatable bonds is 9. The second-order valence-electron chi connectivity index (χ2n) is 7.70. The summed E-state index contributed by atoms with van der Waals surface area (Å²) in [5.41, 5.74) is 0.406. The van der Waals surface area contributed by atoms with Gasteiger partial charge in [-0.05, 0) is 49.1 Å². The summed E-state index contributed by atoms with van der Waals surface area (Å²) in [5.74, 6) is 0.371. The number of methoxy groups -OCH3 is 1. The number of piperidine rings is 1. The molecule has 2 aromatic rings. The zero-order valence-corrected chi connectivity index (χ0v) is 19.6. The molecule has 0 spiro atoms. The fourth-order valence-electron chi connectivity index (χ4n) is 3.58. The van der Waals surface area contributed by atoms with E-state index >= 15 is 0 Å².